The van der Waals surface area contributed by atoms with Crippen molar-refractivity contribution >= 4 is 27.0 Å². The number of ether oxygens (including phenoxy) is 1. The number of nitrogens with zero attached hydrogens (tertiary/aromatic N) is 4. The van der Waals surface area contributed by atoms with Crippen molar-refractivity contribution in [2.45, 2.75) is 30.6 Å². The maximum Gasteiger partial charge on any atom is 0.243 e. The monoisotopic (exact) mass is 581 g/mol. The second-order valence-electron chi connectivity index (χ2n) is 10.4. The lowest BCUT2D eigenvalue weighted by atomic mass is 9.90. The third-order valence-electron chi connectivity index (χ3n) is 7.74. The molecule has 1 fully saturated rings. The van der Waals surface area contributed by atoms with Gasteiger partial charge >= 0.3 is 0 Å². The molecule has 0 amide bonds. The first kappa shape index (κ1) is 27.7. The van der Waals surface area contributed by atoms with Crippen molar-refractivity contribution in [3.8, 4) is 16.9 Å². The molecule has 214 valence electrons. The number of ketones is 1. The van der Waals surface area contributed by atoms with E-state index in [4.69, 9.17) is 9.72 Å². The number of aromatic nitrogens is 4. The van der Waals surface area contributed by atoms with Crippen LogP contribution in [0.3, 0.4) is 0 Å². The van der Waals surface area contributed by atoms with E-state index >= 15 is 0 Å². The van der Waals surface area contributed by atoms with Gasteiger partial charge in [-0.2, -0.15) is 4.31 Å². The van der Waals surface area contributed by atoms with E-state index in [-0.39, 0.29) is 16.6 Å². The molecule has 0 saturated carbocycles. The zero-order chi connectivity index (χ0) is 29.1. The maximum absolute atomic E-state index is 13.4. The van der Waals surface area contributed by atoms with Crippen LogP contribution >= 0.6 is 0 Å². The van der Waals surface area contributed by atoms with Crippen LogP contribution in [-0.4, -0.2) is 58.6 Å². The van der Waals surface area contributed by atoms with Crippen LogP contribution in [0.25, 0.3) is 22.3 Å². The number of aryl methyl sites for hydroxylation is 2. The topological polar surface area (TPSA) is 118 Å². The number of fused-ring (bicyclic) bond motifs is 1. The zero-order valence-electron chi connectivity index (χ0n) is 23.2. The lowest BCUT2D eigenvalue weighted by molar-refractivity contribution is 0.0875. The summed E-state index contributed by atoms with van der Waals surface area (Å²) >= 11 is 0. The number of rotatable bonds is 9. The van der Waals surface area contributed by atoms with Crippen LogP contribution in [0, 0.1) is 5.92 Å². The molecule has 10 heteroatoms. The molecule has 0 aliphatic carbocycles. The highest BCUT2D eigenvalue weighted by atomic mass is 32.2. The van der Waals surface area contributed by atoms with Gasteiger partial charge in [0.05, 0.1) is 12.0 Å². The molecule has 1 aliphatic rings. The van der Waals surface area contributed by atoms with Gasteiger partial charge in [-0.3, -0.25) is 9.78 Å². The van der Waals surface area contributed by atoms with Crippen LogP contribution in [0.5, 0.6) is 5.75 Å². The number of piperidine rings is 1. The molecule has 6 rings (SSSR count). The van der Waals surface area contributed by atoms with Crippen molar-refractivity contribution in [1.82, 2.24) is 24.2 Å². The molecule has 2 aromatic carbocycles. The van der Waals surface area contributed by atoms with Crippen LogP contribution in [0.15, 0.2) is 90.1 Å². The van der Waals surface area contributed by atoms with E-state index in [2.05, 4.69) is 15.0 Å². The lowest BCUT2D eigenvalue weighted by Crippen LogP contribution is -2.40. The van der Waals surface area contributed by atoms with Crippen LogP contribution in [0.4, 0.5) is 0 Å². The first-order chi connectivity index (χ1) is 20.4. The largest absolute Gasteiger partial charge is 0.497 e. The SMILES string of the molecule is COc1ccnc(CCc2nc3cc(-c4ccc(S(=O)(=O)N5CCC(C(=O)c6ccccc6)CC5)cc4)cnc3[nH]2)c1. The van der Waals surface area contributed by atoms with Crippen molar-refractivity contribution in [3.05, 3.63) is 102 Å². The molecule has 0 unspecified atom stereocenters. The Morgan fingerprint density at radius 1 is 0.952 bits per heavy atom. The third kappa shape index (κ3) is 5.81. The number of methoxy groups -OCH3 is 1. The summed E-state index contributed by atoms with van der Waals surface area (Å²) in [6.07, 6.45) is 5.90. The Kier molecular flexibility index (Phi) is 7.82. The van der Waals surface area contributed by atoms with E-state index in [1.807, 2.05) is 48.5 Å². The lowest BCUT2D eigenvalue weighted by Gasteiger charge is -2.30. The highest BCUT2D eigenvalue weighted by molar-refractivity contribution is 7.89. The van der Waals surface area contributed by atoms with Crippen molar-refractivity contribution in [1.29, 1.82) is 0 Å². The molecular formula is C32H31N5O4S. The zero-order valence-corrected chi connectivity index (χ0v) is 24.0. The molecular weight excluding hydrogens is 550 g/mol. The number of nitrogens with one attached hydrogen (secondary N) is 1. The minimum absolute atomic E-state index is 0.0838. The van der Waals surface area contributed by atoms with Crippen LogP contribution < -0.4 is 4.74 Å². The summed E-state index contributed by atoms with van der Waals surface area (Å²) in [5, 5.41) is 0. The van der Waals surface area contributed by atoms with E-state index in [0.717, 1.165) is 33.9 Å². The Morgan fingerprint density at radius 2 is 1.71 bits per heavy atom. The molecule has 1 aliphatic heterocycles. The van der Waals surface area contributed by atoms with Crippen molar-refractivity contribution in [2.24, 2.45) is 5.92 Å². The number of benzene rings is 2. The first-order valence-electron chi connectivity index (χ1n) is 13.9. The molecule has 4 heterocycles. The molecule has 1 saturated heterocycles. The van der Waals surface area contributed by atoms with Gasteiger partial charge in [0.15, 0.2) is 11.4 Å². The number of pyridine rings is 2. The second kappa shape index (κ2) is 11.8. The summed E-state index contributed by atoms with van der Waals surface area (Å²) in [5.74, 6) is 1.51. The average molecular weight is 582 g/mol. The number of hydrogen-bond donors (Lipinski definition) is 1. The summed E-state index contributed by atoms with van der Waals surface area (Å²) in [6, 6.07) is 21.7. The summed E-state index contributed by atoms with van der Waals surface area (Å²) in [7, 11) is -2.03. The standard InChI is InChI=1S/C32H31N5O4S/c1-41-27-13-16-33-26(20-27)9-12-30-35-29-19-25(21-34-32(29)36-30)22-7-10-28(11-8-22)42(39,40)37-17-14-24(15-18-37)31(38)23-5-3-2-4-6-23/h2-8,10-11,13,16,19-21,24H,9,12,14-15,17-18H2,1H3,(H,34,35,36). The molecule has 0 spiro atoms. The van der Waals surface area contributed by atoms with E-state index in [1.165, 1.54) is 4.31 Å². The fraction of sp³-hybridized carbons (Fsp3) is 0.250. The molecule has 9 nitrogen and oxygen atoms in total. The fourth-order valence-corrected chi connectivity index (χ4v) is 6.82. The smallest absolute Gasteiger partial charge is 0.243 e. The van der Waals surface area contributed by atoms with Gasteiger partial charge in [-0.05, 0) is 49.1 Å². The van der Waals surface area contributed by atoms with Crippen molar-refractivity contribution < 1.29 is 17.9 Å². The number of aromatic amines is 1. The van der Waals surface area contributed by atoms with Crippen LogP contribution in [-0.2, 0) is 22.9 Å². The number of carbonyl (C=O) groups is 1. The maximum atomic E-state index is 13.4. The highest BCUT2D eigenvalue weighted by Gasteiger charge is 2.32. The van der Waals surface area contributed by atoms with Gasteiger partial charge in [-0.25, -0.2) is 18.4 Å². The van der Waals surface area contributed by atoms with E-state index in [0.29, 0.717) is 50.0 Å². The van der Waals surface area contributed by atoms with Crippen LogP contribution in [0.2, 0.25) is 0 Å². The molecule has 0 atom stereocenters. The van der Waals surface area contributed by atoms with Crippen molar-refractivity contribution in [3.63, 3.8) is 0 Å². The summed E-state index contributed by atoms with van der Waals surface area (Å²) in [5.41, 5.74) is 4.73. The number of Topliss-reactive ketones (excluding diaryl/α,β-unsaturated/α-hetero) is 1. The van der Waals surface area contributed by atoms with Gasteiger partial charge in [-0.15, -0.1) is 0 Å². The van der Waals surface area contributed by atoms with Gasteiger partial charge in [0.1, 0.15) is 17.1 Å². The number of sulfonamides is 1. The van der Waals surface area contributed by atoms with Gasteiger partial charge < -0.3 is 9.72 Å². The van der Waals surface area contributed by atoms with Crippen molar-refractivity contribution in [2.75, 3.05) is 20.2 Å². The highest BCUT2D eigenvalue weighted by Crippen LogP contribution is 2.28. The predicted octanol–water partition coefficient (Wildman–Crippen LogP) is 5.10. The Bertz CT molecular complexity index is 1810. The quantitative estimate of drug-likeness (QED) is 0.241. The molecule has 5 aromatic rings. The van der Waals surface area contributed by atoms with E-state index in [1.54, 1.807) is 43.8 Å². The minimum Gasteiger partial charge on any atom is -0.497 e. The molecule has 3 aromatic heterocycles. The number of H-pyrrole nitrogens is 1. The Balaban J connectivity index is 1.11. The van der Waals surface area contributed by atoms with Gasteiger partial charge in [0.25, 0.3) is 0 Å². The Hall–Kier alpha value is -4.41. The second-order valence-corrected chi connectivity index (χ2v) is 12.3. The molecule has 0 radical (unpaired) electrons. The minimum atomic E-state index is -3.66. The molecule has 1 N–H and O–H groups in total. The number of carbonyl (C=O) groups excluding carboxylic acids is 1. The summed E-state index contributed by atoms with van der Waals surface area (Å²) in [4.78, 5) is 30.0. The van der Waals surface area contributed by atoms with E-state index in [9.17, 15) is 13.2 Å². The molecule has 0 bridgehead atoms. The van der Waals surface area contributed by atoms with Gasteiger partial charge in [0.2, 0.25) is 10.0 Å². The number of hydrogen-bond acceptors (Lipinski definition) is 7. The summed E-state index contributed by atoms with van der Waals surface area (Å²) in [6.45, 7) is 0.645. The molecule has 42 heavy (non-hydrogen) atoms. The summed E-state index contributed by atoms with van der Waals surface area (Å²) < 4.78 is 33.5. The fourth-order valence-electron chi connectivity index (χ4n) is 5.35. The predicted molar refractivity (Wildman–Crippen MR) is 160 cm³/mol. The van der Waals surface area contributed by atoms with Crippen LogP contribution in [0.1, 0.15) is 34.7 Å². The number of imidazole rings is 1. The third-order valence-corrected chi connectivity index (χ3v) is 9.65. The van der Waals surface area contributed by atoms with Gasteiger partial charge in [-0.1, -0.05) is 42.5 Å². The Labute approximate surface area is 244 Å². The first-order valence-corrected chi connectivity index (χ1v) is 15.4. The normalized spacial score (nSPS) is 14.7. The van der Waals surface area contributed by atoms with E-state index < -0.39 is 10.0 Å². The van der Waals surface area contributed by atoms with Gasteiger partial charge in [0, 0.05) is 60.7 Å². The average Bonchev–Trinajstić information content (AvgIpc) is 3.46. The Morgan fingerprint density at radius 3 is 2.45 bits per heavy atom.